The van der Waals surface area contributed by atoms with Gasteiger partial charge in [0.1, 0.15) is 0 Å². The second kappa shape index (κ2) is 4.36. The minimum Gasteiger partial charge on any atom is -0.330 e. The molecule has 0 saturated carbocycles. The highest BCUT2D eigenvalue weighted by molar-refractivity contribution is 5.32. The average Bonchev–Trinajstić information content (AvgIpc) is 1.99. The van der Waals surface area contributed by atoms with Crippen molar-refractivity contribution in [3.63, 3.8) is 0 Å². The third-order valence-electron chi connectivity index (χ3n) is 2.93. The minimum atomic E-state index is 0.231. The van der Waals surface area contributed by atoms with Crippen molar-refractivity contribution >= 4 is 0 Å². The van der Waals surface area contributed by atoms with Crippen LogP contribution in [-0.4, -0.2) is 6.54 Å². The van der Waals surface area contributed by atoms with E-state index in [1.165, 1.54) is 16.7 Å². The predicted molar refractivity (Wildman–Crippen MR) is 67.2 cm³/mol. The van der Waals surface area contributed by atoms with E-state index in [1.54, 1.807) is 0 Å². The normalized spacial score (nSPS) is 14.0. The number of benzene rings is 1. The summed E-state index contributed by atoms with van der Waals surface area (Å²) >= 11 is 0. The molecule has 0 fully saturated rings. The molecule has 0 spiro atoms. The predicted octanol–water partition coefficient (Wildman–Crippen LogP) is 3.39. The third kappa shape index (κ3) is 3.07. The van der Waals surface area contributed by atoms with Crippen LogP contribution < -0.4 is 5.73 Å². The minimum absolute atomic E-state index is 0.231. The molecule has 0 aliphatic heterocycles. The van der Waals surface area contributed by atoms with Crippen LogP contribution in [-0.2, 0) is 0 Å². The maximum atomic E-state index is 5.89. The van der Waals surface area contributed by atoms with E-state index in [4.69, 9.17) is 5.73 Å². The van der Waals surface area contributed by atoms with Crippen molar-refractivity contribution in [1.29, 1.82) is 0 Å². The zero-order chi connectivity index (χ0) is 11.6. The first-order chi connectivity index (χ1) is 6.84. The van der Waals surface area contributed by atoms with Crippen molar-refractivity contribution in [2.75, 3.05) is 6.54 Å². The summed E-state index contributed by atoms with van der Waals surface area (Å²) in [6.45, 7) is 11.8. The molecule has 0 amide bonds. The van der Waals surface area contributed by atoms with Gasteiger partial charge in [0.15, 0.2) is 0 Å². The molecule has 0 heterocycles. The number of rotatable bonds is 2. The molecule has 15 heavy (non-hydrogen) atoms. The monoisotopic (exact) mass is 205 g/mol. The van der Waals surface area contributed by atoms with Gasteiger partial charge >= 0.3 is 0 Å². The summed E-state index contributed by atoms with van der Waals surface area (Å²) < 4.78 is 0. The highest BCUT2D eigenvalue weighted by Crippen LogP contribution is 2.34. The molecule has 1 rings (SSSR count). The summed E-state index contributed by atoms with van der Waals surface area (Å²) in [7, 11) is 0. The number of hydrogen-bond donors (Lipinski definition) is 1. The average molecular weight is 205 g/mol. The van der Waals surface area contributed by atoms with Crippen molar-refractivity contribution in [1.82, 2.24) is 0 Å². The Morgan fingerprint density at radius 2 is 1.53 bits per heavy atom. The lowest BCUT2D eigenvalue weighted by Gasteiger charge is -2.30. The van der Waals surface area contributed by atoms with Crippen LogP contribution in [0.25, 0.3) is 0 Å². The second-order valence-electron chi connectivity index (χ2n) is 5.58. The molecule has 0 aliphatic rings. The van der Waals surface area contributed by atoms with Gasteiger partial charge < -0.3 is 5.73 Å². The van der Waals surface area contributed by atoms with Crippen LogP contribution >= 0.6 is 0 Å². The summed E-state index contributed by atoms with van der Waals surface area (Å²) in [5.41, 5.74) is 10.2. The van der Waals surface area contributed by atoms with Crippen molar-refractivity contribution < 1.29 is 0 Å². The van der Waals surface area contributed by atoms with Crippen molar-refractivity contribution in [2.45, 2.75) is 40.5 Å². The zero-order valence-electron chi connectivity index (χ0n) is 10.6. The van der Waals surface area contributed by atoms with Crippen LogP contribution in [0, 0.1) is 19.3 Å². The molecule has 1 unspecified atom stereocenters. The fourth-order valence-electron chi connectivity index (χ4n) is 2.20. The maximum absolute atomic E-state index is 5.89. The van der Waals surface area contributed by atoms with Crippen LogP contribution in [0.3, 0.4) is 0 Å². The van der Waals surface area contributed by atoms with Gasteiger partial charge in [-0.3, -0.25) is 0 Å². The first-order valence-corrected chi connectivity index (χ1v) is 5.63. The van der Waals surface area contributed by atoms with Gasteiger partial charge in [-0.2, -0.15) is 0 Å². The van der Waals surface area contributed by atoms with Crippen LogP contribution in [0.4, 0.5) is 0 Å². The lowest BCUT2D eigenvalue weighted by atomic mass is 9.76. The number of nitrogens with two attached hydrogens (primary N) is 1. The Morgan fingerprint density at radius 1 is 1.07 bits per heavy atom. The molecule has 2 N–H and O–H groups in total. The Hall–Kier alpha value is -0.820. The first-order valence-electron chi connectivity index (χ1n) is 5.63. The highest BCUT2D eigenvalue weighted by atomic mass is 14.6. The SMILES string of the molecule is Cc1cc(C)cc(C(CN)C(C)(C)C)c1. The smallest absolute Gasteiger partial charge is 0.000998 e. The summed E-state index contributed by atoms with van der Waals surface area (Å²) in [5.74, 6) is 0.441. The maximum Gasteiger partial charge on any atom is 0.000998 e. The molecule has 0 aromatic heterocycles. The van der Waals surface area contributed by atoms with E-state index in [9.17, 15) is 0 Å². The molecule has 0 aliphatic carbocycles. The summed E-state index contributed by atoms with van der Waals surface area (Å²) in [6.07, 6.45) is 0. The summed E-state index contributed by atoms with van der Waals surface area (Å²) in [6, 6.07) is 6.73. The van der Waals surface area contributed by atoms with Gasteiger partial charge in [-0.05, 0) is 31.4 Å². The van der Waals surface area contributed by atoms with E-state index in [1.807, 2.05) is 0 Å². The Morgan fingerprint density at radius 3 is 1.87 bits per heavy atom. The molecule has 84 valence electrons. The van der Waals surface area contributed by atoms with Gasteiger partial charge in [-0.1, -0.05) is 50.1 Å². The highest BCUT2D eigenvalue weighted by Gasteiger charge is 2.24. The number of hydrogen-bond acceptors (Lipinski definition) is 1. The Kier molecular flexibility index (Phi) is 3.56. The molecule has 1 aromatic rings. The fraction of sp³-hybridized carbons (Fsp3) is 0.571. The van der Waals surface area contributed by atoms with E-state index in [0.29, 0.717) is 12.5 Å². The third-order valence-corrected chi connectivity index (χ3v) is 2.93. The molecule has 1 atom stereocenters. The van der Waals surface area contributed by atoms with Gasteiger partial charge in [0, 0.05) is 5.92 Å². The van der Waals surface area contributed by atoms with Crippen LogP contribution in [0.15, 0.2) is 18.2 Å². The number of aryl methyl sites for hydroxylation is 2. The van der Waals surface area contributed by atoms with E-state index in [0.717, 1.165) is 0 Å². The summed E-state index contributed by atoms with van der Waals surface area (Å²) in [4.78, 5) is 0. The molecule has 1 heteroatoms. The van der Waals surface area contributed by atoms with Crippen LogP contribution in [0.1, 0.15) is 43.4 Å². The molecular weight excluding hydrogens is 182 g/mol. The van der Waals surface area contributed by atoms with Gasteiger partial charge in [0.05, 0.1) is 0 Å². The molecule has 1 aromatic carbocycles. The van der Waals surface area contributed by atoms with Gasteiger partial charge in [0.25, 0.3) is 0 Å². The Balaban J connectivity index is 3.13. The van der Waals surface area contributed by atoms with Crippen molar-refractivity contribution in [3.8, 4) is 0 Å². The van der Waals surface area contributed by atoms with Crippen molar-refractivity contribution in [3.05, 3.63) is 34.9 Å². The molecule has 0 bridgehead atoms. The van der Waals surface area contributed by atoms with E-state index in [-0.39, 0.29) is 5.41 Å². The van der Waals surface area contributed by atoms with E-state index >= 15 is 0 Å². The summed E-state index contributed by atoms with van der Waals surface area (Å²) in [5, 5.41) is 0. The Bertz CT molecular complexity index is 313. The van der Waals surface area contributed by atoms with Crippen LogP contribution in [0.5, 0.6) is 0 Å². The standard InChI is InChI=1S/C14H23N/c1-10-6-11(2)8-12(7-10)13(9-15)14(3,4)5/h6-8,13H,9,15H2,1-5H3. The first kappa shape index (κ1) is 12.3. The topological polar surface area (TPSA) is 26.0 Å². The van der Waals surface area contributed by atoms with Gasteiger partial charge in [-0.25, -0.2) is 0 Å². The lowest BCUT2D eigenvalue weighted by molar-refractivity contribution is 0.325. The van der Waals surface area contributed by atoms with Crippen molar-refractivity contribution in [2.24, 2.45) is 11.1 Å². The zero-order valence-corrected chi connectivity index (χ0v) is 10.6. The molecular formula is C14H23N. The quantitative estimate of drug-likeness (QED) is 0.787. The van der Waals surface area contributed by atoms with Gasteiger partial charge in [0.2, 0.25) is 0 Å². The largest absolute Gasteiger partial charge is 0.330 e. The van der Waals surface area contributed by atoms with Gasteiger partial charge in [-0.15, -0.1) is 0 Å². The molecule has 1 nitrogen and oxygen atoms in total. The molecule has 0 saturated heterocycles. The fourth-order valence-corrected chi connectivity index (χ4v) is 2.20. The second-order valence-corrected chi connectivity index (χ2v) is 5.58. The van der Waals surface area contributed by atoms with E-state index in [2.05, 4.69) is 52.8 Å². The Labute approximate surface area is 93.7 Å². The van der Waals surface area contributed by atoms with Crippen LogP contribution in [0.2, 0.25) is 0 Å². The van der Waals surface area contributed by atoms with E-state index < -0.39 is 0 Å². The molecule has 0 radical (unpaired) electrons. The lowest BCUT2D eigenvalue weighted by Crippen LogP contribution is -2.26.